The topological polar surface area (TPSA) is 48.1 Å². The van der Waals surface area contributed by atoms with Crippen molar-refractivity contribution in [3.05, 3.63) is 59.9 Å². The van der Waals surface area contributed by atoms with Gasteiger partial charge in [-0.05, 0) is 37.6 Å². The molecule has 3 nitrogen and oxygen atoms in total. The van der Waals surface area contributed by atoms with Gasteiger partial charge in [-0.15, -0.1) is 0 Å². The summed E-state index contributed by atoms with van der Waals surface area (Å²) < 4.78 is 6.01. The van der Waals surface area contributed by atoms with E-state index in [4.69, 9.17) is 10.5 Å². The molecule has 0 fully saturated rings. The van der Waals surface area contributed by atoms with Gasteiger partial charge >= 0.3 is 0 Å². The van der Waals surface area contributed by atoms with Gasteiger partial charge in [-0.3, -0.25) is 4.98 Å². The lowest BCUT2D eigenvalue weighted by atomic mass is 10.00. The van der Waals surface area contributed by atoms with E-state index in [0.717, 1.165) is 16.9 Å². The molecule has 18 heavy (non-hydrogen) atoms. The van der Waals surface area contributed by atoms with E-state index in [2.05, 4.69) is 4.98 Å². The van der Waals surface area contributed by atoms with Gasteiger partial charge in [0.05, 0.1) is 0 Å². The summed E-state index contributed by atoms with van der Waals surface area (Å²) in [4.78, 5) is 4.12. The molecular weight excluding hydrogens is 224 g/mol. The zero-order valence-electron chi connectivity index (χ0n) is 10.8. The third-order valence-corrected chi connectivity index (χ3v) is 2.89. The average Bonchev–Trinajstić information content (AvgIpc) is 2.40. The maximum Gasteiger partial charge on any atom is 0.130 e. The maximum atomic E-state index is 6.01. The Bertz CT molecular complexity index is 492. The van der Waals surface area contributed by atoms with Crippen LogP contribution in [0.3, 0.4) is 0 Å². The number of ether oxygens (including phenoxy) is 1. The fourth-order valence-electron chi connectivity index (χ4n) is 1.77. The van der Waals surface area contributed by atoms with Gasteiger partial charge in [0.15, 0.2) is 0 Å². The molecule has 2 aromatic rings. The van der Waals surface area contributed by atoms with E-state index in [1.54, 1.807) is 6.20 Å². The predicted molar refractivity (Wildman–Crippen MR) is 72.2 cm³/mol. The van der Waals surface area contributed by atoms with Crippen LogP contribution in [0.5, 0.6) is 5.75 Å². The Balaban J connectivity index is 2.16. The molecule has 0 aliphatic rings. The Morgan fingerprint density at radius 3 is 2.44 bits per heavy atom. The first-order chi connectivity index (χ1) is 8.62. The molecule has 0 spiro atoms. The summed E-state index contributed by atoms with van der Waals surface area (Å²) in [6.45, 7) is 4.61. The van der Waals surface area contributed by atoms with Crippen LogP contribution in [0.15, 0.2) is 48.8 Å². The van der Waals surface area contributed by atoms with Crippen molar-refractivity contribution in [3.63, 3.8) is 0 Å². The van der Waals surface area contributed by atoms with Gasteiger partial charge in [0.2, 0.25) is 0 Å². The average molecular weight is 242 g/mol. The van der Waals surface area contributed by atoms with Crippen molar-refractivity contribution >= 4 is 0 Å². The number of hydrogen-bond donors (Lipinski definition) is 1. The Labute approximate surface area is 108 Å². The standard InChI is InChI=1S/C15H18N2O/c1-15(2,13-4-3-9-17-11-13)18-14-7-5-12(10-16)6-8-14/h3-9,11H,10,16H2,1-2H3. The monoisotopic (exact) mass is 242 g/mol. The summed E-state index contributed by atoms with van der Waals surface area (Å²) in [5.74, 6) is 0.834. The molecule has 0 bridgehead atoms. The van der Waals surface area contributed by atoms with Crippen LogP contribution in [0.4, 0.5) is 0 Å². The van der Waals surface area contributed by atoms with Crippen LogP contribution in [0.1, 0.15) is 25.0 Å². The Kier molecular flexibility index (Phi) is 3.63. The van der Waals surface area contributed by atoms with Gasteiger partial charge in [0, 0.05) is 24.5 Å². The zero-order chi connectivity index (χ0) is 13.0. The minimum atomic E-state index is -0.404. The highest BCUT2D eigenvalue weighted by Gasteiger charge is 2.22. The molecule has 0 radical (unpaired) electrons. The van der Waals surface area contributed by atoms with Crippen LogP contribution >= 0.6 is 0 Å². The van der Waals surface area contributed by atoms with Crippen LogP contribution in [0.2, 0.25) is 0 Å². The second kappa shape index (κ2) is 5.19. The van der Waals surface area contributed by atoms with Crippen LogP contribution in [0.25, 0.3) is 0 Å². The van der Waals surface area contributed by atoms with E-state index in [0.29, 0.717) is 6.54 Å². The van der Waals surface area contributed by atoms with Crippen molar-refractivity contribution in [1.82, 2.24) is 4.98 Å². The number of aromatic nitrogens is 1. The largest absolute Gasteiger partial charge is 0.483 e. The quantitative estimate of drug-likeness (QED) is 0.896. The summed E-state index contributed by atoms with van der Waals surface area (Å²) in [6, 6.07) is 11.8. The molecule has 0 saturated heterocycles. The summed E-state index contributed by atoms with van der Waals surface area (Å²) in [7, 11) is 0. The van der Waals surface area contributed by atoms with Gasteiger partial charge in [0.25, 0.3) is 0 Å². The molecular formula is C15H18N2O. The normalized spacial score (nSPS) is 11.3. The zero-order valence-corrected chi connectivity index (χ0v) is 10.8. The fraction of sp³-hybridized carbons (Fsp3) is 0.267. The predicted octanol–water partition coefficient (Wildman–Crippen LogP) is 2.85. The number of nitrogens with zero attached hydrogens (tertiary/aromatic N) is 1. The van der Waals surface area contributed by atoms with Gasteiger partial charge in [-0.25, -0.2) is 0 Å². The maximum absolute atomic E-state index is 6.01. The van der Waals surface area contributed by atoms with Crippen molar-refractivity contribution in [1.29, 1.82) is 0 Å². The second-order valence-electron chi connectivity index (χ2n) is 4.70. The summed E-state index contributed by atoms with van der Waals surface area (Å²) >= 11 is 0. The van der Waals surface area contributed by atoms with E-state index in [9.17, 15) is 0 Å². The molecule has 1 aromatic heterocycles. The van der Waals surface area contributed by atoms with Crippen molar-refractivity contribution < 1.29 is 4.74 Å². The molecule has 94 valence electrons. The van der Waals surface area contributed by atoms with E-state index in [1.807, 2.05) is 56.4 Å². The Hall–Kier alpha value is -1.87. The van der Waals surface area contributed by atoms with Crippen molar-refractivity contribution in [2.45, 2.75) is 26.0 Å². The van der Waals surface area contributed by atoms with Gasteiger partial charge in [-0.1, -0.05) is 18.2 Å². The van der Waals surface area contributed by atoms with Crippen LogP contribution in [0, 0.1) is 0 Å². The molecule has 0 aliphatic heterocycles. The smallest absolute Gasteiger partial charge is 0.130 e. The van der Waals surface area contributed by atoms with Crippen LogP contribution in [-0.4, -0.2) is 4.98 Å². The molecule has 2 rings (SSSR count). The first kappa shape index (κ1) is 12.6. The minimum Gasteiger partial charge on any atom is -0.483 e. The number of benzene rings is 1. The first-order valence-electron chi connectivity index (χ1n) is 6.00. The SMILES string of the molecule is CC(C)(Oc1ccc(CN)cc1)c1cccnc1. The van der Waals surface area contributed by atoms with Crippen molar-refractivity contribution in [3.8, 4) is 5.75 Å². The number of rotatable bonds is 4. The summed E-state index contributed by atoms with van der Waals surface area (Å²) in [5, 5.41) is 0. The van der Waals surface area contributed by atoms with Crippen LogP contribution in [-0.2, 0) is 12.1 Å². The highest BCUT2D eigenvalue weighted by Crippen LogP contribution is 2.27. The van der Waals surface area contributed by atoms with E-state index in [-0.39, 0.29) is 0 Å². The highest BCUT2D eigenvalue weighted by molar-refractivity contribution is 5.29. The van der Waals surface area contributed by atoms with Gasteiger partial charge in [-0.2, -0.15) is 0 Å². The molecule has 0 saturated carbocycles. The molecule has 3 heteroatoms. The number of pyridine rings is 1. The van der Waals surface area contributed by atoms with E-state index >= 15 is 0 Å². The van der Waals surface area contributed by atoms with Gasteiger partial charge in [0.1, 0.15) is 11.4 Å². The summed E-state index contributed by atoms with van der Waals surface area (Å²) in [5.41, 5.74) is 7.31. The van der Waals surface area contributed by atoms with Crippen LogP contribution < -0.4 is 10.5 Å². The fourth-order valence-corrected chi connectivity index (χ4v) is 1.77. The summed E-state index contributed by atoms with van der Waals surface area (Å²) in [6.07, 6.45) is 3.59. The molecule has 1 heterocycles. The van der Waals surface area contributed by atoms with E-state index < -0.39 is 5.60 Å². The highest BCUT2D eigenvalue weighted by atomic mass is 16.5. The molecule has 2 N–H and O–H groups in total. The lowest BCUT2D eigenvalue weighted by Crippen LogP contribution is -2.25. The lowest BCUT2D eigenvalue weighted by molar-refractivity contribution is 0.108. The second-order valence-corrected chi connectivity index (χ2v) is 4.70. The van der Waals surface area contributed by atoms with Gasteiger partial charge < -0.3 is 10.5 Å². The van der Waals surface area contributed by atoms with E-state index in [1.165, 1.54) is 0 Å². The Morgan fingerprint density at radius 2 is 1.89 bits per heavy atom. The lowest BCUT2D eigenvalue weighted by Gasteiger charge is -2.26. The Morgan fingerprint density at radius 1 is 1.17 bits per heavy atom. The molecule has 0 unspecified atom stereocenters. The number of nitrogens with two attached hydrogens (primary N) is 1. The number of hydrogen-bond acceptors (Lipinski definition) is 3. The minimum absolute atomic E-state index is 0.404. The van der Waals surface area contributed by atoms with Crippen molar-refractivity contribution in [2.24, 2.45) is 5.73 Å². The molecule has 0 aliphatic carbocycles. The first-order valence-corrected chi connectivity index (χ1v) is 6.00. The third-order valence-electron chi connectivity index (χ3n) is 2.89. The molecule has 0 amide bonds. The molecule has 0 atom stereocenters. The molecule has 1 aromatic carbocycles. The third kappa shape index (κ3) is 2.87. The van der Waals surface area contributed by atoms with Crippen molar-refractivity contribution in [2.75, 3.05) is 0 Å².